The highest BCUT2D eigenvalue weighted by molar-refractivity contribution is 7.04. The summed E-state index contributed by atoms with van der Waals surface area (Å²) in [7, 11) is 0. The fourth-order valence-electron chi connectivity index (χ4n) is 2.53. The van der Waals surface area contributed by atoms with Crippen molar-refractivity contribution in [1.82, 2.24) is 34.3 Å². The zero-order valence-electron chi connectivity index (χ0n) is 14.4. The van der Waals surface area contributed by atoms with Crippen LogP contribution in [0.25, 0.3) is 5.82 Å². The number of nitrogens with one attached hydrogen (secondary N) is 2. The molecule has 10 heteroatoms. The summed E-state index contributed by atoms with van der Waals surface area (Å²) < 4.78 is 3.33. The lowest BCUT2D eigenvalue weighted by Gasteiger charge is -2.27. The van der Waals surface area contributed by atoms with E-state index in [9.17, 15) is 9.59 Å². The minimum atomic E-state index is -0.307. The second-order valence-electron chi connectivity index (χ2n) is 6.42. The summed E-state index contributed by atoms with van der Waals surface area (Å²) >= 11 is 1.14. The smallest absolute Gasteiger partial charge is 0.290 e. The van der Waals surface area contributed by atoms with Gasteiger partial charge in [0.2, 0.25) is 5.82 Å². The van der Waals surface area contributed by atoms with E-state index in [1.54, 1.807) is 0 Å². The standard InChI is InChI=1S/C15H23N7O2S/c1-11(2)8-17-15(24)14-18-9-21(19-14)12-7-13(23)25-22(12)10-20-5-3-16-4-6-20/h7,9,11,16H,3-6,8,10H2,1-2H3,(H,17,24). The van der Waals surface area contributed by atoms with Crippen LogP contribution in [0.1, 0.15) is 24.5 Å². The molecule has 3 rings (SSSR count). The van der Waals surface area contributed by atoms with Gasteiger partial charge in [-0.25, -0.2) is 9.67 Å². The van der Waals surface area contributed by atoms with E-state index in [4.69, 9.17) is 0 Å². The van der Waals surface area contributed by atoms with E-state index in [1.165, 1.54) is 17.1 Å². The predicted octanol–water partition coefficient (Wildman–Crippen LogP) is -0.261. The third-order valence-electron chi connectivity index (χ3n) is 3.84. The monoisotopic (exact) mass is 365 g/mol. The summed E-state index contributed by atoms with van der Waals surface area (Å²) in [6.45, 7) is 8.97. The number of nitrogens with zero attached hydrogens (tertiary/aromatic N) is 5. The van der Waals surface area contributed by atoms with Gasteiger partial charge in [0.1, 0.15) is 6.33 Å². The van der Waals surface area contributed by atoms with Gasteiger partial charge in [-0.3, -0.25) is 18.4 Å². The quantitative estimate of drug-likeness (QED) is 0.732. The maximum absolute atomic E-state index is 12.1. The second-order valence-corrected chi connectivity index (χ2v) is 7.44. The van der Waals surface area contributed by atoms with E-state index in [-0.39, 0.29) is 16.5 Å². The Morgan fingerprint density at radius 1 is 1.40 bits per heavy atom. The average molecular weight is 365 g/mol. The lowest BCUT2D eigenvalue weighted by Crippen LogP contribution is -2.43. The molecule has 1 aliphatic heterocycles. The van der Waals surface area contributed by atoms with E-state index in [1.807, 2.05) is 17.8 Å². The number of piperazine rings is 1. The first-order valence-corrected chi connectivity index (χ1v) is 9.15. The summed E-state index contributed by atoms with van der Waals surface area (Å²) in [6.07, 6.45) is 1.47. The van der Waals surface area contributed by atoms with Crippen LogP contribution in [0, 0.1) is 5.92 Å². The first kappa shape index (κ1) is 17.8. The van der Waals surface area contributed by atoms with Crippen molar-refractivity contribution in [2.75, 3.05) is 32.7 Å². The minimum absolute atomic E-state index is 0.0496. The van der Waals surface area contributed by atoms with Gasteiger partial charge in [0, 0.05) is 38.8 Å². The summed E-state index contributed by atoms with van der Waals surface area (Å²) in [5.74, 6) is 0.780. The van der Waals surface area contributed by atoms with Gasteiger partial charge in [-0.1, -0.05) is 13.8 Å². The van der Waals surface area contributed by atoms with Gasteiger partial charge in [0.25, 0.3) is 10.6 Å². The third kappa shape index (κ3) is 4.53. The zero-order chi connectivity index (χ0) is 17.8. The third-order valence-corrected chi connectivity index (χ3v) is 4.66. The molecule has 136 valence electrons. The molecule has 0 saturated carbocycles. The van der Waals surface area contributed by atoms with Crippen molar-refractivity contribution in [3.8, 4) is 5.82 Å². The van der Waals surface area contributed by atoms with E-state index >= 15 is 0 Å². The van der Waals surface area contributed by atoms with Gasteiger partial charge in [-0.05, 0) is 17.5 Å². The molecule has 0 aliphatic carbocycles. The van der Waals surface area contributed by atoms with Crippen LogP contribution in [-0.4, -0.2) is 62.3 Å². The molecule has 2 aromatic heterocycles. The Hall–Kier alpha value is -2.04. The van der Waals surface area contributed by atoms with Gasteiger partial charge >= 0.3 is 0 Å². The Morgan fingerprint density at radius 3 is 2.88 bits per heavy atom. The van der Waals surface area contributed by atoms with Gasteiger partial charge in [-0.15, -0.1) is 5.10 Å². The summed E-state index contributed by atoms with van der Waals surface area (Å²) in [6, 6.07) is 1.53. The van der Waals surface area contributed by atoms with Crippen LogP contribution >= 0.6 is 11.5 Å². The molecule has 1 fully saturated rings. The first-order chi connectivity index (χ1) is 12.0. The molecule has 2 N–H and O–H groups in total. The number of carbonyl (C=O) groups is 1. The lowest BCUT2D eigenvalue weighted by atomic mass is 10.2. The van der Waals surface area contributed by atoms with Gasteiger partial charge in [0.05, 0.1) is 6.67 Å². The highest BCUT2D eigenvalue weighted by Crippen LogP contribution is 2.10. The molecule has 25 heavy (non-hydrogen) atoms. The molecule has 0 spiro atoms. The summed E-state index contributed by atoms with van der Waals surface area (Å²) in [5, 5.41) is 10.3. The predicted molar refractivity (Wildman–Crippen MR) is 95.1 cm³/mol. The molecular weight excluding hydrogens is 342 g/mol. The molecule has 2 aromatic rings. The molecule has 0 unspecified atom stereocenters. The molecular formula is C15H23N7O2S. The van der Waals surface area contributed by atoms with Gasteiger partial charge < -0.3 is 10.6 Å². The number of hydrogen-bond donors (Lipinski definition) is 2. The van der Waals surface area contributed by atoms with Crippen molar-refractivity contribution >= 4 is 17.4 Å². The first-order valence-electron chi connectivity index (χ1n) is 8.37. The molecule has 3 heterocycles. The Morgan fingerprint density at radius 2 is 2.16 bits per heavy atom. The van der Waals surface area contributed by atoms with Crippen LogP contribution in [0.4, 0.5) is 0 Å². The zero-order valence-corrected chi connectivity index (χ0v) is 15.3. The number of hydrogen-bond acceptors (Lipinski definition) is 7. The molecule has 0 atom stereocenters. The maximum atomic E-state index is 12.1. The highest BCUT2D eigenvalue weighted by atomic mass is 32.1. The van der Waals surface area contributed by atoms with Crippen molar-refractivity contribution in [2.24, 2.45) is 5.92 Å². The second kappa shape index (κ2) is 7.89. The molecule has 1 aliphatic rings. The number of carbonyl (C=O) groups excluding carboxylic acids is 1. The molecule has 9 nitrogen and oxygen atoms in total. The number of amides is 1. The normalized spacial score (nSPS) is 15.6. The Labute approximate surface area is 149 Å². The molecule has 1 amide bonds. The molecule has 0 bridgehead atoms. The Balaban J connectivity index is 1.75. The van der Waals surface area contributed by atoms with E-state index < -0.39 is 0 Å². The van der Waals surface area contributed by atoms with E-state index in [2.05, 4.69) is 25.6 Å². The van der Waals surface area contributed by atoms with Crippen LogP contribution < -0.4 is 15.4 Å². The minimum Gasteiger partial charge on any atom is -0.349 e. The van der Waals surface area contributed by atoms with E-state index in [0.717, 1.165) is 37.7 Å². The Kier molecular flexibility index (Phi) is 5.61. The van der Waals surface area contributed by atoms with Gasteiger partial charge in [-0.2, -0.15) is 0 Å². The summed E-state index contributed by atoms with van der Waals surface area (Å²) in [5.41, 5.74) is 0. The SMILES string of the molecule is CC(C)CNC(=O)c1ncn(-c2cc(=O)sn2CN2CCNCC2)n1. The van der Waals surface area contributed by atoms with Crippen molar-refractivity contribution in [3.63, 3.8) is 0 Å². The fraction of sp³-hybridized carbons (Fsp3) is 0.600. The Bertz CT molecular complexity index is 773. The molecule has 1 saturated heterocycles. The molecule has 0 radical (unpaired) electrons. The lowest BCUT2D eigenvalue weighted by molar-refractivity contribution is 0.0938. The van der Waals surface area contributed by atoms with Crippen molar-refractivity contribution in [1.29, 1.82) is 0 Å². The van der Waals surface area contributed by atoms with Crippen LogP contribution in [0.5, 0.6) is 0 Å². The van der Waals surface area contributed by atoms with E-state index in [0.29, 0.717) is 24.9 Å². The number of rotatable bonds is 6. The largest absolute Gasteiger partial charge is 0.349 e. The fourth-order valence-corrected chi connectivity index (χ4v) is 3.35. The van der Waals surface area contributed by atoms with Crippen LogP contribution in [0.2, 0.25) is 0 Å². The maximum Gasteiger partial charge on any atom is 0.290 e. The topological polar surface area (TPSA) is 97.1 Å². The van der Waals surface area contributed by atoms with Crippen LogP contribution in [0.3, 0.4) is 0 Å². The van der Waals surface area contributed by atoms with Gasteiger partial charge in [0.15, 0.2) is 5.82 Å². The van der Waals surface area contributed by atoms with Crippen LogP contribution in [-0.2, 0) is 6.67 Å². The average Bonchev–Trinajstić information content (AvgIpc) is 3.20. The summed E-state index contributed by atoms with van der Waals surface area (Å²) in [4.78, 5) is 30.3. The molecule has 0 aromatic carbocycles. The van der Waals surface area contributed by atoms with Crippen molar-refractivity contribution < 1.29 is 4.79 Å². The van der Waals surface area contributed by atoms with Crippen molar-refractivity contribution in [2.45, 2.75) is 20.5 Å². The highest BCUT2D eigenvalue weighted by Gasteiger charge is 2.17. The number of aromatic nitrogens is 4. The van der Waals surface area contributed by atoms with Crippen LogP contribution in [0.15, 0.2) is 17.2 Å². The van der Waals surface area contributed by atoms with Crippen molar-refractivity contribution in [3.05, 3.63) is 27.8 Å².